The normalized spacial score (nSPS) is 10.1. The van der Waals surface area contributed by atoms with Gasteiger partial charge in [0.15, 0.2) is 0 Å². The van der Waals surface area contributed by atoms with E-state index in [0.29, 0.717) is 12.8 Å². The Balaban J connectivity index is 1.86. The molecule has 0 spiro atoms. The number of pyridine rings is 1. The zero-order valence-corrected chi connectivity index (χ0v) is 11.5. The van der Waals surface area contributed by atoms with Crippen LogP contribution in [-0.2, 0) is 11.2 Å². The highest BCUT2D eigenvalue weighted by atomic mass is 16.4. The number of amides is 1. The number of carboxylic acids is 1. The second kappa shape index (κ2) is 7.19. The van der Waals surface area contributed by atoms with Gasteiger partial charge >= 0.3 is 5.97 Å². The van der Waals surface area contributed by atoms with Gasteiger partial charge in [0, 0.05) is 12.6 Å². The number of aromatic nitrogens is 1. The van der Waals surface area contributed by atoms with Gasteiger partial charge in [0.2, 0.25) is 5.91 Å². The summed E-state index contributed by atoms with van der Waals surface area (Å²) in [5.74, 6) is -1.25. The standard InChI is InChI=1S/C16H16N2O3/c19-14(10-4-8-12-6-2-1-3-7-12)18-15-13(16(20)21)9-5-11-17-15/h1-3,5-7,9,11H,4,8,10H2,(H,20,21)(H,17,18,19). The molecule has 0 fully saturated rings. The largest absolute Gasteiger partial charge is 0.478 e. The van der Waals surface area contributed by atoms with E-state index in [1.54, 1.807) is 0 Å². The number of rotatable bonds is 6. The van der Waals surface area contributed by atoms with E-state index in [0.717, 1.165) is 6.42 Å². The summed E-state index contributed by atoms with van der Waals surface area (Å²) in [6.45, 7) is 0. The molecule has 0 aliphatic heterocycles. The number of aryl methyl sites for hydroxylation is 1. The maximum Gasteiger partial charge on any atom is 0.339 e. The van der Waals surface area contributed by atoms with E-state index in [4.69, 9.17) is 5.11 Å². The number of nitrogens with zero attached hydrogens (tertiary/aromatic N) is 1. The molecule has 5 nitrogen and oxygen atoms in total. The molecule has 1 aromatic carbocycles. The number of hydrogen-bond acceptors (Lipinski definition) is 3. The van der Waals surface area contributed by atoms with E-state index < -0.39 is 5.97 Å². The summed E-state index contributed by atoms with van der Waals surface area (Å²) in [5, 5.41) is 11.6. The summed E-state index contributed by atoms with van der Waals surface area (Å²) >= 11 is 0. The third-order valence-electron chi connectivity index (χ3n) is 3.01. The van der Waals surface area contributed by atoms with Crippen LogP contribution < -0.4 is 5.32 Å². The van der Waals surface area contributed by atoms with Crippen LogP contribution in [0, 0.1) is 0 Å². The maximum absolute atomic E-state index is 11.8. The molecule has 1 aromatic heterocycles. The molecule has 5 heteroatoms. The Morgan fingerprint density at radius 2 is 1.86 bits per heavy atom. The summed E-state index contributed by atoms with van der Waals surface area (Å²) in [5.41, 5.74) is 1.17. The molecule has 2 aromatic rings. The first kappa shape index (κ1) is 14.7. The van der Waals surface area contributed by atoms with Gasteiger partial charge in [-0.25, -0.2) is 9.78 Å². The first-order valence-corrected chi connectivity index (χ1v) is 6.69. The molecule has 0 aliphatic rings. The van der Waals surface area contributed by atoms with Crippen LogP contribution in [0.1, 0.15) is 28.8 Å². The van der Waals surface area contributed by atoms with E-state index in [1.165, 1.54) is 23.9 Å². The predicted molar refractivity (Wildman–Crippen MR) is 79.2 cm³/mol. The maximum atomic E-state index is 11.8. The van der Waals surface area contributed by atoms with E-state index in [-0.39, 0.29) is 17.3 Å². The Hall–Kier alpha value is -2.69. The fourth-order valence-electron chi connectivity index (χ4n) is 1.97. The van der Waals surface area contributed by atoms with E-state index >= 15 is 0 Å². The van der Waals surface area contributed by atoms with Gasteiger partial charge in [-0.2, -0.15) is 0 Å². The molecule has 1 amide bonds. The molecule has 2 N–H and O–H groups in total. The van der Waals surface area contributed by atoms with Gasteiger partial charge in [-0.15, -0.1) is 0 Å². The fraction of sp³-hybridized carbons (Fsp3) is 0.188. The van der Waals surface area contributed by atoms with E-state index in [9.17, 15) is 9.59 Å². The highest BCUT2D eigenvalue weighted by Crippen LogP contribution is 2.12. The van der Waals surface area contributed by atoms with Crippen molar-refractivity contribution in [1.82, 2.24) is 4.98 Å². The monoisotopic (exact) mass is 284 g/mol. The van der Waals surface area contributed by atoms with Crippen molar-refractivity contribution >= 4 is 17.7 Å². The second-order valence-corrected chi connectivity index (χ2v) is 4.59. The van der Waals surface area contributed by atoms with Crippen molar-refractivity contribution in [2.24, 2.45) is 0 Å². The number of carbonyl (C=O) groups excluding carboxylic acids is 1. The van der Waals surface area contributed by atoms with Gasteiger partial charge in [0.05, 0.1) is 0 Å². The molecule has 0 atom stereocenters. The van der Waals surface area contributed by atoms with Gasteiger partial charge in [0.1, 0.15) is 11.4 Å². The quantitative estimate of drug-likeness (QED) is 0.854. The van der Waals surface area contributed by atoms with Crippen LogP contribution in [0.3, 0.4) is 0 Å². The Bertz CT molecular complexity index is 626. The number of anilines is 1. The molecule has 0 saturated carbocycles. The molecule has 0 aliphatic carbocycles. The predicted octanol–water partition coefficient (Wildman–Crippen LogP) is 2.74. The smallest absolute Gasteiger partial charge is 0.339 e. The minimum atomic E-state index is -1.11. The number of carboxylic acid groups (broad SMARTS) is 1. The Kier molecular flexibility index (Phi) is 5.04. The van der Waals surface area contributed by atoms with Crippen molar-refractivity contribution in [3.63, 3.8) is 0 Å². The molecule has 108 valence electrons. The Morgan fingerprint density at radius 1 is 1.10 bits per heavy atom. The topological polar surface area (TPSA) is 79.3 Å². The summed E-state index contributed by atoms with van der Waals surface area (Å²) in [6, 6.07) is 12.8. The summed E-state index contributed by atoms with van der Waals surface area (Å²) in [6.07, 6.45) is 3.28. The van der Waals surface area contributed by atoms with Crippen molar-refractivity contribution in [2.45, 2.75) is 19.3 Å². The molecular formula is C16H16N2O3. The van der Waals surface area contributed by atoms with Crippen molar-refractivity contribution in [3.8, 4) is 0 Å². The van der Waals surface area contributed by atoms with Crippen LogP contribution in [0.15, 0.2) is 48.7 Å². The Labute approximate surface area is 122 Å². The highest BCUT2D eigenvalue weighted by Gasteiger charge is 2.12. The lowest BCUT2D eigenvalue weighted by Crippen LogP contribution is -2.15. The third-order valence-corrected chi connectivity index (χ3v) is 3.01. The van der Waals surface area contributed by atoms with E-state index in [1.807, 2.05) is 30.3 Å². The molecule has 2 rings (SSSR count). The number of aromatic carboxylic acids is 1. The summed E-state index contributed by atoms with van der Waals surface area (Å²) < 4.78 is 0. The first-order valence-electron chi connectivity index (χ1n) is 6.69. The van der Waals surface area contributed by atoms with Crippen LogP contribution in [-0.4, -0.2) is 22.0 Å². The fourth-order valence-corrected chi connectivity index (χ4v) is 1.97. The summed E-state index contributed by atoms with van der Waals surface area (Å²) in [4.78, 5) is 26.7. The van der Waals surface area contributed by atoms with Gasteiger partial charge < -0.3 is 10.4 Å². The van der Waals surface area contributed by atoms with Gasteiger partial charge in [0.25, 0.3) is 0 Å². The zero-order chi connectivity index (χ0) is 15.1. The SMILES string of the molecule is O=C(CCCc1ccccc1)Nc1ncccc1C(=O)O. The van der Waals surface area contributed by atoms with Gasteiger partial charge in [-0.05, 0) is 30.5 Å². The van der Waals surface area contributed by atoms with Gasteiger partial charge in [-0.1, -0.05) is 30.3 Å². The molecule has 1 heterocycles. The van der Waals surface area contributed by atoms with Crippen LogP contribution in [0.2, 0.25) is 0 Å². The average molecular weight is 284 g/mol. The second-order valence-electron chi connectivity index (χ2n) is 4.59. The first-order chi connectivity index (χ1) is 10.2. The molecular weight excluding hydrogens is 268 g/mol. The zero-order valence-electron chi connectivity index (χ0n) is 11.5. The van der Waals surface area contributed by atoms with Crippen LogP contribution in [0.5, 0.6) is 0 Å². The number of benzene rings is 1. The lowest BCUT2D eigenvalue weighted by atomic mass is 10.1. The summed E-state index contributed by atoms with van der Waals surface area (Å²) in [7, 11) is 0. The molecule has 0 saturated heterocycles. The van der Waals surface area contributed by atoms with Gasteiger partial charge in [-0.3, -0.25) is 4.79 Å². The van der Waals surface area contributed by atoms with Crippen LogP contribution in [0.25, 0.3) is 0 Å². The van der Waals surface area contributed by atoms with Crippen molar-refractivity contribution in [1.29, 1.82) is 0 Å². The highest BCUT2D eigenvalue weighted by molar-refractivity contribution is 5.99. The van der Waals surface area contributed by atoms with Crippen LogP contribution >= 0.6 is 0 Å². The third kappa shape index (κ3) is 4.42. The molecule has 0 bridgehead atoms. The molecule has 21 heavy (non-hydrogen) atoms. The lowest BCUT2D eigenvalue weighted by Gasteiger charge is -2.07. The van der Waals surface area contributed by atoms with Crippen molar-refractivity contribution < 1.29 is 14.7 Å². The van der Waals surface area contributed by atoms with Crippen molar-refractivity contribution in [3.05, 3.63) is 59.8 Å². The Morgan fingerprint density at radius 3 is 2.57 bits per heavy atom. The molecule has 0 unspecified atom stereocenters. The lowest BCUT2D eigenvalue weighted by molar-refractivity contribution is -0.116. The van der Waals surface area contributed by atoms with E-state index in [2.05, 4.69) is 10.3 Å². The van der Waals surface area contributed by atoms with Crippen LogP contribution in [0.4, 0.5) is 5.82 Å². The van der Waals surface area contributed by atoms with Crippen molar-refractivity contribution in [2.75, 3.05) is 5.32 Å². The minimum absolute atomic E-state index is 0.00564. The minimum Gasteiger partial charge on any atom is -0.478 e. The molecule has 0 radical (unpaired) electrons. The number of hydrogen-bond donors (Lipinski definition) is 2. The number of carbonyl (C=O) groups is 2. The average Bonchev–Trinajstić information content (AvgIpc) is 2.48. The number of nitrogens with one attached hydrogen (secondary N) is 1.